The normalized spacial score (nSPS) is 19.2. The van der Waals surface area contributed by atoms with Gasteiger partial charge in [-0.2, -0.15) is 0 Å². The molecule has 0 radical (unpaired) electrons. The Balaban J connectivity index is 1.78. The first kappa shape index (κ1) is 12.2. The minimum atomic E-state index is -0.231. The van der Waals surface area contributed by atoms with Gasteiger partial charge in [0.15, 0.2) is 5.78 Å². The number of benzene rings is 2. The number of Topliss-reactive ketones (excluding diaryl/α,β-unsaturated/α-hetero) is 1. The summed E-state index contributed by atoms with van der Waals surface area (Å²) in [7, 11) is 0. The van der Waals surface area contributed by atoms with E-state index in [0.29, 0.717) is 24.5 Å². The fraction of sp³-hybridized carbons (Fsp3) is 0.167. The smallest absolute Gasteiger partial charge is 0.177 e. The summed E-state index contributed by atoms with van der Waals surface area (Å²) in [5.74, 6) is 1.32. The fourth-order valence-electron chi connectivity index (χ4n) is 2.88. The molecule has 0 saturated heterocycles. The van der Waals surface area contributed by atoms with E-state index in [2.05, 4.69) is 0 Å². The van der Waals surface area contributed by atoms with Gasteiger partial charge < -0.3 is 9.47 Å². The Kier molecular flexibility index (Phi) is 2.78. The van der Waals surface area contributed by atoms with Crippen molar-refractivity contribution in [1.29, 1.82) is 0 Å². The van der Waals surface area contributed by atoms with Crippen LogP contribution in [0.2, 0.25) is 0 Å². The minimum absolute atomic E-state index is 0.115. The van der Waals surface area contributed by atoms with Gasteiger partial charge in [-0.15, -0.1) is 0 Å². The van der Waals surface area contributed by atoms with E-state index in [-0.39, 0.29) is 11.7 Å². The Morgan fingerprint density at radius 1 is 1.00 bits per heavy atom. The number of rotatable bonds is 1. The first-order valence-corrected chi connectivity index (χ1v) is 7.03. The zero-order valence-corrected chi connectivity index (χ0v) is 11.4. The van der Waals surface area contributed by atoms with E-state index in [9.17, 15) is 4.79 Å². The highest BCUT2D eigenvalue weighted by molar-refractivity contribution is 6.05. The van der Waals surface area contributed by atoms with Gasteiger partial charge in [-0.1, -0.05) is 30.3 Å². The molecule has 0 spiro atoms. The Morgan fingerprint density at radius 3 is 2.71 bits per heavy atom. The Hall–Kier alpha value is -2.55. The molecule has 0 fully saturated rings. The van der Waals surface area contributed by atoms with Gasteiger partial charge in [-0.05, 0) is 29.8 Å². The van der Waals surface area contributed by atoms with Gasteiger partial charge in [0.2, 0.25) is 0 Å². The lowest BCUT2D eigenvalue weighted by Crippen LogP contribution is -2.26. The van der Waals surface area contributed by atoms with Crippen LogP contribution in [0.4, 0.5) is 0 Å². The van der Waals surface area contributed by atoms with Crippen molar-refractivity contribution in [2.75, 3.05) is 13.2 Å². The molecule has 2 aliphatic heterocycles. The highest BCUT2D eigenvalue weighted by Gasteiger charge is 2.32. The molecule has 2 heterocycles. The van der Waals surface area contributed by atoms with Crippen molar-refractivity contribution in [2.45, 2.75) is 5.92 Å². The van der Waals surface area contributed by atoms with Crippen LogP contribution in [0.15, 0.2) is 48.5 Å². The van der Waals surface area contributed by atoms with Crippen molar-refractivity contribution in [3.05, 3.63) is 65.2 Å². The number of carbonyl (C=O) groups is 1. The first-order chi connectivity index (χ1) is 10.3. The average molecular weight is 278 g/mol. The molecule has 1 atom stereocenters. The lowest BCUT2D eigenvalue weighted by atomic mass is 9.87. The van der Waals surface area contributed by atoms with Crippen LogP contribution >= 0.6 is 0 Å². The van der Waals surface area contributed by atoms with Gasteiger partial charge in [-0.25, -0.2) is 0 Å². The molecule has 104 valence electrons. The number of hydrogen-bond donors (Lipinski definition) is 0. The molecule has 3 heteroatoms. The second kappa shape index (κ2) is 4.77. The van der Waals surface area contributed by atoms with Crippen LogP contribution in [0.1, 0.15) is 27.4 Å². The second-order valence-electron chi connectivity index (χ2n) is 5.21. The molecule has 4 rings (SSSR count). The molecule has 0 N–H and O–H groups in total. The fourth-order valence-corrected chi connectivity index (χ4v) is 2.88. The molecule has 0 saturated carbocycles. The molecule has 3 nitrogen and oxygen atoms in total. The maximum absolute atomic E-state index is 12.8. The third-order valence-electron chi connectivity index (χ3n) is 3.95. The van der Waals surface area contributed by atoms with Crippen molar-refractivity contribution < 1.29 is 14.3 Å². The summed E-state index contributed by atoms with van der Waals surface area (Å²) in [4.78, 5) is 12.8. The van der Waals surface area contributed by atoms with Gasteiger partial charge in [0, 0.05) is 0 Å². The van der Waals surface area contributed by atoms with Gasteiger partial charge in [0.05, 0.1) is 17.0 Å². The highest BCUT2D eigenvalue weighted by Crippen LogP contribution is 2.40. The van der Waals surface area contributed by atoms with E-state index in [1.807, 2.05) is 54.6 Å². The molecule has 0 aromatic heterocycles. The number of ketones is 1. The zero-order valence-electron chi connectivity index (χ0n) is 11.4. The molecule has 21 heavy (non-hydrogen) atoms. The summed E-state index contributed by atoms with van der Waals surface area (Å²) in [6, 6.07) is 13.4. The van der Waals surface area contributed by atoms with Crippen LogP contribution in [0.3, 0.4) is 0 Å². The monoisotopic (exact) mass is 278 g/mol. The molecule has 1 unspecified atom stereocenters. The molecule has 0 aliphatic carbocycles. The Morgan fingerprint density at radius 2 is 1.86 bits per heavy atom. The maximum atomic E-state index is 12.8. The van der Waals surface area contributed by atoms with Crippen molar-refractivity contribution in [3.63, 3.8) is 0 Å². The van der Waals surface area contributed by atoms with Gasteiger partial charge in [0.1, 0.15) is 24.7 Å². The zero-order chi connectivity index (χ0) is 14.2. The summed E-state index contributed by atoms with van der Waals surface area (Å²) >= 11 is 0. The van der Waals surface area contributed by atoms with Crippen LogP contribution in [-0.2, 0) is 0 Å². The summed E-state index contributed by atoms with van der Waals surface area (Å²) in [6.45, 7) is 0.937. The van der Waals surface area contributed by atoms with E-state index >= 15 is 0 Å². The van der Waals surface area contributed by atoms with Gasteiger partial charge in [-0.3, -0.25) is 4.79 Å². The summed E-state index contributed by atoms with van der Waals surface area (Å²) in [5, 5.41) is 0. The summed E-state index contributed by atoms with van der Waals surface area (Å²) < 4.78 is 11.5. The number of carbonyl (C=O) groups excluding carboxylic acids is 1. The third-order valence-corrected chi connectivity index (χ3v) is 3.95. The highest BCUT2D eigenvalue weighted by atomic mass is 16.5. The van der Waals surface area contributed by atoms with Crippen molar-refractivity contribution in [1.82, 2.24) is 0 Å². The topological polar surface area (TPSA) is 35.5 Å². The van der Waals surface area contributed by atoms with Crippen molar-refractivity contribution in [3.8, 4) is 11.5 Å². The molecular weight excluding hydrogens is 264 g/mol. The Labute approximate surface area is 122 Å². The standard InChI is InChI=1S/C18H14O3/c19-17-14-8-9-16-13(7-4-10-20-16)18(14)21-11-15(17)12-5-2-1-3-6-12/h1-9,15H,10-11H2. The maximum Gasteiger partial charge on any atom is 0.177 e. The third kappa shape index (κ3) is 1.93. The van der Waals surface area contributed by atoms with Crippen LogP contribution in [0, 0.1) is 0 Å². The van der Waals surface area contributed by atoms with Crippen molar-refractivity contribution >= 4 is 11.9 Å². The van der Waals surface area contributed by atoms with Gasteiger partial charge in [0.25, 0.3) is 0 Å². The Bertz CT molecular complexity index is 732. The molecular formula is C18H14O3. The molecule has 0 bridgehead atoms. The van der Waals surface area contributed by atoms with Crippen LogP contribution < -0.4 is 9.47 Å². The number of ether oxygens (including phenoxy) is 2. The van der Waals surface area contributed by atoms with E-state index in [4.69, 9.17) is 9.47 Å². The average Bonchev–Trinajstić information content (AvgIpc) is 2.56. The number of fused-ring (bicyclic) bond motifs is 3. The first-order valence-electron chi connectivity index (χ1n) is 7.03. The SMILES string of the molecule is O=C1c2ccc3c(c2OCC1c1ccccc1)C=CCO3. The predicted octanol–water partition coefficient (Wildman–Crippen LogP) is 3.45. The van der Waals surface area contributed by atoms with Crippen LogP contribution in [0.25, 0.3) is 6.08 Å². The summed E-state index contributed by atoms with van der Waals surface area (Å²) in [6.07, 6.45) is 3.90. The van der Waals surface area contributed by atoms with E-state index in [0.717, 1.165) is 16.9 Å². The lowest BCUT2D eigenvalue weighted by Gasteiger charge is -2.27. The molecule has 2 aromatic rings. The predicted molar refractivity (Wildman–Crippen MR) is 80.0 cm³/mol. The van der Waals surface area contributed by atoms with Gasteiger partial charge >= 0.3 is 0 Å². The van der Waals surface area contributed by atoms with E-state index in [1.165, 1.54) is 0 Å². The quantitative estimate of drug-likeness (QED) is 0.801. The summed E-state index contributed by atoms with van der Waals surface area (Å²) in [5.41, 5.74) is 2.51. The number of hydrogen-bond acceptors (Lipinski definition) is 3. The molecule has 0 amide bonds. The van der Waals surface area contributed by atoms with Crippen molar-refractivity contribution in [2.24, 2.45) is 0 Å². The van der Waals surface area contributed by atoms with E-state index < -0.39 is 0 Å². The second-order valence-corrected chi connectivity index (χ2v) is 5.21. The lowest BCUT2D eigenvalue weighted by molar-refractivity contribution is 0.0895. The molecule has 2 aromatic carbocycles. The minimum Gasteiger partial charge on any atom is -0.491 e. The largest absolute Gasteiger partial charge is 0.491 e. The molecule has 2 aliphatic rings. The van der Waals surface area contributed by atoms with Crippen LogP contribution in [-0.4, -0.2) is 19.0 Å². The van der Waals surface area contributed by atoms with E-state index in [1.54, 1.807) is 0 Å². The van der Waals surface area contributed by atoms with Crippen LogP contribution in [0.5, 0.6) is 11.5 Å².